The Labute approximate surface area is 221 Å². The third-order valence-corrected chi connectivity index (χ3v) is 6.84. The van der Waals surface area contributed by atoms with Gasteiger partial charge in [0.1, 0.15) is 11.6 Å². The van der Waals surface area contributed by atoms with Gasteiger partial charge in [-0.3, -0.25) is 14.9 Å². The zero-order valence-corrected chi connectivity index (χ0v) is 22.1. The average Bonchev–Trinajstić information content (AvgIpc) is 3.24. The third kappa shape index (κ3) is 4.81. The zero-order chi connectivity index (χ0) is 27.0. The number of fused-ring (bicyclic) bond motifs is 1. The highest BCUT2D eigenvalue weighted by molar-refractivity contribution is 5.95. The van der Waals surface area contributed by atoms with Gasteiger partial charge in [-0.25, -0.2) is 14.6 Å². The fourth-order valence-corrected chi connectivity index (χ4v) is 4.88. The van der Waals surface area contributed by atoms with Crippen molar-refractivity contribution in [1.82, 2.24) is 24.6 Å². The van der Waals surface area contributed by atoms with E-state index < -0.39 is 4.92 Å². The molecule has 1 aliphatic heterocycles. The predicted molar refractivity (Wildman–Crippen MR) is 146 cm³/mol. The van der Waals surface area contributed by atoms with Crippen LogP contribution in [0.25, 0.3) is 16.7 Å². The minimum Gasteiger partial charge on any atom is -0.352 e. The number of benzene rings is 2. The molecule has 10 heteroatoms. The molecule has 1 aliphatic rings. The van der Waals surface area contributed by atoms with Crippen molar-refractivity contribution in [2.24, 2.45) is 5.92 Å². The topological polar surface area (TPSA) is 110 Å². The number of aryl methyl sites for hydroxylation is 2. The van der Waals surface area contributed by atoms with Crippen LogP contribution in [0.5, 0.6) is 0 Å². The molecular weight excluding hydrogens is 482 g/mol. The Hall–Kier alpha value is -4.34. The number of nitro groups is 1. The standard InChI is InChI=1S/C28H31N7O3/c1-18(2)16-24-29-26(25-20(4)31-34(27(25)30-24)22-8-6-5-7-9-22)32-12-14-33(15-13-32)28(36)21-11-10-19(3)23(17-21)35(37)38/h5-11,17-18H,12-16H2,1-4H3. The van der Waals surface area contributed by atoms with Gasteiger partial charge in [-0.05, 0) is 38.0 Å². The fraction of sp³-hybridized carbons (Fsp3) is 0.357. The number of amides is 1. The molecule has 1 amide bonds. The van der Waals surface area contributed by atoms with E-state index >= 15 is 0 Å². The lowest BCUT2D eigenvalue weighted by Crippen LogP contribution is -2.49. The van der Waals surface area contributed by atoms with Gasteiger partial charge in [-0.1, -0.05) is 38.1 Å². The Kier molecular flexibility index (Phi) is 6.79. The molecule has 0 unspecified atom stereocenters. The summed E-state index contributed by atoms with van der Waals surface area (Å²) in [4.78, 5) is 37.9. The van der Waals surface area contributed by atoms with Gasteiger partial charge in [0.2, 0.25) is 0 Å². The number of hydrogen-bond donors (Lipinski definition) is 0. The summed E-state index contributed by atoms with van der Waals surface area (Å²) in [6, 6.07) is 14.6. The van der Waals surface area contributed by atoms with E-state index in [4.69, 9.17) is 15.1 Å². The minimum atomic E-state index is -0.447. The van der Waals surface area contributed by atoms with E-state index in [1.165, 1.54) is 6.07 Å². The molecule has 0 saturated carbocycles. The maximum absolute atomic E-state index is 13.2. The van der Waals surface area contributed by atoms with Crippen LogP contribution in [-0.4, -0.2) is 61.7 Å². The molecule has 0 spiro atoms. The van der Waals surface area contributed by atoms with Crippen LogP contribution in [0.15, 0.2) is 48.5 Å². The molecule has 196 valence electrons. The predicted octanol–water partition coefficient (Wildman–Crippen LogP) is 4.50. The normalized spacial score (nSPS) is 13.9. The Balaban J connectivity index is 1.45. The van der Waals surface area contributed by atoms with Crippen molar-refractivity contribution in [1.29, 1.82) is 0 Å². The highest BCUT2D eigenvalue weighted by atomic mass is 16.6. The number of hydrogen-bond acceptors (Lipinski definition) is 7. The smallest absolute Gasteiger partial charge is 0.273 e. The molecule has 0 bridgehead atoms. The number of piperazine rings is 1. The van der Waals surface area contributed by atoms with Crippen molar-refractivity contribution in [3.63, 3.8) is 0 Å². The van der Waals surface area contributed by atoms with Crippen molar-refractivity contribution in [2.75, 3.05) is 31.1 Å². The van der Waals surface area contributed by atoms with Gasteiger partial charge < -0.3 is 9.80 Å². The Morgan fingerprint density at radius 3 is 2.39 bits per heavy atom. The average molecular weight is 514 g/mol. The molecule has 0 aliphatic carbocycles. The summed E-state index contributed by atoms with van der Waals surface area (Å²) in [5.41, 5.74) is 3.39. The molecule has 3 heterocycles. The van der Waals surface area contributed by atoms with Crippen molar-refractivity contribution in [3.8, 4) is 5.69 Å². The molecule has 5 rings (SSSR count). The number of aromatic nitrogens is 4. The second-order valence-electron chi connectivity index (χ2n) is 10.1. The van der Waals surface area contributed by atoms with Gasteiger partial charge in [-0.15, -0.1) is 0 Å². The monoisotopic (exact) mass is 513 g/mol. The maximum Gasteiger partial charge on any atom is 0.273 e. The van der Waals surface area contributed by atoms with E-state index in [2.05, 4.69) is 18.7 Å². The largest absolute Gasteiger partial charge is 0.352 e. The van der Waals surface area contributed by atoms with Crippen LogP contribution in [0.1, 0.15) is 41.3 Å². The van der Waals surface area contributed by atoms with E-state index in [1.54, 1.807) is 24.0 Å². The first kappa shape index (κ1) is 25.3. The summed E-state index contributed by atoms with van der Waals surface area (Å²) in [6.45, 7) is 10.1. The lowest BCUT2D eigenvalue weighted by molar-refractivity contribution is -0.385. The number of rotatable bonds is 6. The van der Waals surface area contributed by atoms with Crippen LogP contribution < -0.4 is 4.90 Å². The zero-order valence-electron chi connectivity index (χ0n) is 22.1. The Morgan fingerprint density at radius 2 is 1.74 bits per heavy atom. The molecule has 2 aromatic heterocycles. The van der Waals surface area contributed by atoms with Crippen LogP contribution in [0.4, 0.5) is 11.5 Å². The molecule has 0 N–H and O–H groups in total. The van der Waals surface area contributed by atoms with E-state index in [1.807, 2.05) is 41.9 Å². The van der Waals surface area contributed by atoms with Crippen LogP contribution >= 0.6 is 0 Å². The molecule has 4 aromatic rings. The minimum absolute atomic E-state index is 0.0403. The summed E-state index contributed by atoms with van der Waals surface area (Å²) in [7, 11) is 0. The van der Waals surface area contributed by atoms with Crippen LogP contribution in [-0.2, 0) is 6.42 Å². The van der Waals surface area contributed by atoms with Gasteiger partial charge in [-0.2, -0.15) is 5.10 Å². The summed E-state index contributed by atoms with van der Waals surface area (Å²) >= 11 is 0. The molecule has 1 saturated heterocycles. The second-order valence-corrected chi connectivity index (χ2v) is 10.1. The summed E-state index contributed by atoms with van der Waals surface area (Å²) in [5.74, 6) is 1.80. The molecule has 2 aromatic carbocycles. The summed E-state index contributed by atoms with van der Waals surface area (Å²) in [6.07, 6.45) is 0.743. The molecule has 1 fully saturated rings. The number of carbonyl (C=O) groups is 1. The number of nitrogens with zero attached hydrogens (tertiary/aromatic N) is 7. The Bertz CT molecular complexity index is 1510. The molecule has 0 atom stereocenters. The van der Waals surface area contributed by atoms with E-state index in [0.717, 1.165) is 40.5 Å². The van der Waals surface area contributed by atoms with Crippen LogP contribution in [0.3, 0.4) is 0 Å². The summed E-state index contributed by atoms with van der Waals surface area (Å²) < 4.78 is 1.88. The van der Waals surface area contributed by atoms with Crippen molar-refractivity contribution < 1.29 is 9.72 Å². The SMILES string of the molecule is Cc1ccc(C(=O)N2CCN(c3nc(CC(C)C)nc4c3c(C)nn4-c3ccccc3)CC2)cc1[N+](=O)[O-]. The first-order valence-corrected chi connectivity index (χ1v) is 12.8. The summed E-state index contributed by atoms with van der Waals surface area (Å²) in [5, 5.41) is 17.1. The Morgan fingerprint density at radius 1 is 1.03 bits per heavy atom. The number of carbonyl (C=O) groups excluding carboxylic acids is 1. The highest BCUT2D eigenvalue weighted by Gasteiger charge is 2.28. The van der Waals surface area contributed by atoms with Crippen molar-refractivity contribution in [2.45, 2.75) is 34.1 Å². The fourth-order valence-electron chi connectivity index (χ4n) is 4.88. The van der Waals surface area contributed by atoms with Gasteiger partial charge in [0.05, 0.1) is 21.7 Å². The van der Waals surface area contributed by atoms with E-state index in [-0.39, 0.29) is 11.6 Å². The maximum atomic E-state index is 13.2. The molecular formula is C28H31N7O3. The van der Waals surface area contributed by atoms with Gasteiger partial charge >= 0.3 is 0 Å². The van der Waals surface area contributed by atoms with Crippen molar-refractivity contribution >= 4 is 28.4 Å². The quantitative estimate of drug-likeness (QED) is 0.276. The first-order chi connectivity index (χ1) is 18.2. The van der Waals surface area contributed by atoms with E-state index in [9.17, 15) is 14.9 Å². The molecule has 0 radical (unpaired) electrons. The lowest BCUT2D eigenvalue weighted by atomic mass is 10.1. The van der Waals surface area contributed by atoms with Gasteiger partial charge in [0, 0.05) is 49.8 Å². The van der Waals surface area contributed by atoms with E-state index in [0.29, 0.717) is 43.2 Å². The molecule has 10 nitrogen and oxygen atoms in total. The lowest BCUT2D eigenvalue weighted by Gasteiger charge is -2.36. The van der Waals surface area contributed by atoms with Gasteiger partial charge in [0.15, 0.2) is 5.65 Å². The molecule has 38 heavy (non-hydrogen) atoms. The van der Waals surface area contributed by atoms with Crippen molar-refractivity contribution in [3.05, 3.63) is 81.3 Å². The number of nitro benzene ring substituents is 1. The van der Waals surface area contributed by atoms with Gasteiger partial charge in [0.25, 0.3) is 11.6 Å². The first-order valence-electron chi connectivity index (χ1n) is 12.8. The number of para-hydroxylation sites is 1. The highest BCUT2D eigenvalue weighted by Crippen LogP contribution is 2.30. The van der Waals surface area contributed by atoms with Crippen LogP contribution in [0, 0.1) is 29.9 Å². The number of anilines is 1. The third-order valence-electron chi connectivity index (χ3n) is 6.84. The second kappa shape index (κ2) is 10.2. The van der Waals surface area contributed by atoms with Crippen LogP contribution in [0.2, 0.25) is 0 Å².